The lowest BCUT2D eigenvalue weighted by atomic mass is 10.2. The molecule has 0 unspecified atom stereocenters. The highest BCUT2D eigenvalue weighted by Gasteiger charge is 2.30. The van der Waals surface area contributed by atoms with E-state index in [0.29, 0.717) is 11.6 Å². The Labute approximate surface area is 88.8 Å². The minimum absolute atomic E-state index is 0.0546. The summed E-state index contributed by atoms with van der Waals surface area (Å²) in [6.07, 6.45) is 3.96. The van der Waals surface area contributed by atoms with E-state index in [-0.39, 0.29) is 5.84 Å². The average Bonchev–Trinajstić information content (AvgIpc) is 3.04. The van der Waals surface area contributed by atoms with E-state index in [1.807, 2.05) is 0 Å². The number of nitrogens with zero attached hydrogens (tertiary/aromatic N) is 3. The van der Waals surface area contributed by atoms with Crippen LogP contribution in [-0.4, -0.2) is 28.6 Å². The van der Waals surface area contributed by atoms with E-state index < -0.39 is 0 Å². The maximum atomic E-state index is 7.49. The molecule has 1 aliphatic carbocycles. The van der Waals surface area contributed by atoms with E-state index in [2.05, 4.69) is 22.0 Å². The van der Waals surface area contributed by atoms with E-state index in [0.717, 1.165) is 12.4 Å². The molecule has 0 aliphatic heterocycles. The van der Waals surface area contributed by atoms with Gasteiger partial charge in [0, 0.05) is 12.6 Å². The molecule has 0 atom stereocenters. The predicted molar refractivity (Wildman–Crippen MR) is 59.1 cm³/mol. The van der Waals surface area contributed by atoms with E-state index in [1.165, 1.54) is 12.8 Å². The first-order valence-electron chi connectivity index (χ1n) is 5.16. The van der Waals surface area contributed by atoms with Crippen LogP contribution in [0.25, 0.3) is 0 Å². The van der Waals surface area contributed by atoms with Crippen molar-refractivity contribution in [2.45, 2.75) is 25.8 Å². The van der Waals surface area contributed by atoms with Gasteiger partial charge in [0.2, 0.25) is 0 Å². The fraction of sp³-hybridized carbons (Fsp3) is 0.500. The van der Waals surface area contributed by atoms with Crippen LogP contribution in [0.5, 0.6) is 0 Å². The Bertz CT molecular complexity index is 372. The Morgan fingerprint density at radius 1 is 1.67 bits per heavy atom. The number of hydrogen-bond acceptors (Lipinski definition) is 4. The number of nitrogens with one attached hydrogen (secondary N) is 1. The van der Waals surface area contributed by atoms with Crippen LogP contribution in [0.3, 0.4) is 0 Å². The lowest BCUT2D eigenvalue weighted by Crippen LogP contribution is -2.29. The zero-order chi connectivity index (χ0) is 10.8. The van der Waals surface area contributed by atoms with Crippen molar-refractivity contribution in [2.75, 3.05) is 11.4 Å². The number of aromatic nitrogens is 2. The predicted octanol–water partition coefficient (Wildman–Crippen LogP) is 0.749. The van der Waals surface area contributed by atoms with Crippen LogP contribution in [0.4, 0.5) is 5.82 Å². The molecular weight excluding hydrogens is 190 g/mol. The summed E-state index contributed by atoms with van der Waals surface area (Å²) >= 11 is 0. The molecule has 1 aromatic heterocycles. The molecule has 0 saturated heterocycles. The van der Waals surface area contributed by atoms with Crippen LogP contribution in [0.2, 0.25) is 0 Å². The van der Waals surface area contributed by atoms with Crippen LogP contribution in [0, 0.1) is 5.41 Å². The van der Waals surface area contributed by atoms with Crippen molar-refractivity contribution in [3.8, 4) is 0 Å². The van der Waals surface area contributed by atoms with Crippen molar-refractivity contribution >= 4 is 11.7 Å². The summed E-state index contributed by atoms with van der Waals surface area (Å²) in [7, 11) is 0. The van der Waals surface area contributed by atoms with E-state index in [1.54, 1.807) is 12.3 Å². The van der Waals surface area contributed by atoms with Gasteiger partial charge in [-0.15, -0.1) is 5.10 Å². The lowest BCUT2D eigenvalue weighted by Gasteiger charge is -2.22. The number of amidine groups is 1. The minimum atomic E-state index is 0.0546. The van der Waals surface area contributed by atoms with Crippen molar-refractivity contribution in [3.05, 3.63) is 17.8 Å². The molecule has 0 bridgehead atoms. The molecule has 80 valence electrons. The molecule has 0 spiro atoms. The normalized spacial score (nSPS) is 15.0. The quantitative estimate of drug-likeness (QED) is 0.561. The van der Waals surface area contributed by atoms with Gasteiger partial charge in [-0.3, -0.25) is 5.41 Å². The topological polar surface area (TPSA) is 78.9 Å². The minimum Gasteiger partial charge on any atom is -0.384 e. The van der Waals surface area contributed by atoms with Crippen molar-refractivity contribution in [2.24, 2.45) is 5.73 Å². The maximum absolute atomic E-state index is 7.49. The molecule has 5 nitrogen and oxygen atoms in total. The highest BCUT2D eigenvalue weighted by atomic mass is 15.3. The maximum Gasteiger partial charge on any atom is 0.162 e. The Morgan fingerprint density at radius 2 is 2.40 bits per heavy atom. The van der Waals surface area contributed by atoms with Gasteiger partial charge in [-0.05, 0) is 25.8 Å². The molecule has 3 N–H and O–H groups in total. The third kappa shape index (κ3) is 1.91. The highest BCUT2D eigenvalue weighted by molar-refractivity contribution is 5.99. The van der Waals surface area contributed by atoms with Gasteiger partial charge in [-0.25, -0.2) is 0 Å². The molecule has 0 amide bonds. The SMILES string of the molecule is CCN(c1nnccc1C(=N)N)C1CC1. The Hall–Kier alpha value is -1.65. The summed E-state index contributed by atoms with van der Waals surface area (Å²) in [4.78, 5) is 2.17. The Morgan fingerprint density at radius 3 is 2.93 bits per heavy atom. The van der Waals surface area contributed by atoms with Crippen molar-refractivity contribution < 1.29 is 0 Å². The lowest BCUT2D eigenvalue weighted by molar-refractivity contribution is 0.789. The molecule has 1 saturated carbocycles. The van der Waals surface area contributed by atoms with Crippen LogP contribution in [0.15, 0.2) is 12.3 Å². The Kier molecular flexibility index (Phi) is 2.53. The number of nitrogens with two attached hydrogens (primary N) is 1. The average molecular weight is 205 g/mol. The third-order valence-electron chi connectivity index (χ3n) is 2.59. The van der Waals surface area contributed by atoms with Gasteiger partial charge in [0.15, 0.2) is 5.82 Å². The summed E-state index contributed by atoms with van der Waals surface area (Å²) in [5.41, 5.74) is 6.20. The molecule has 1 aliphatic rings. The van der Waals surface area contributed by atoms with Crippen LogP contribution in [-0.2, 0) is 0 Å². The molecule has 1 aromatic rings. The fourth-order valence-corrected chi connectivity index (χ4v) is 1.71. The second-order valence-corrected chi connectivity index (χ2v) is 3.70. The zero-order valence-electron chi connectivity index (χ0n) is 8.77. The molecule has 15 heavy (non-hydrogen) atoms. The van der Waals surface area contributed by atoms with Gasteiger partial charge in [0.05, 0.1) is 11.8 Å². The molecule has 0 radical (unpaired) electrons. The summed E-state index contributed by atoms with van der Waals surface area (Å²) < 4.78 is 0. The standard InChI is InChI=1S/C10H15N5/c1-2-15(7-3-4-7)10-8(9(11)12)5-6-13-14-10/h5-7H,2-4H2,1H3,(H3,11,12). The van der Waals surface area contributed by atoms with Gasteiger partial charge in [0.25, 0.3) is 0 Å². The Balaban J connectivity index is 2.36. The number of rotatable bonds is 4. The largest absolute Gasteiger partial charge is 0.384 e. The molecule has 2 rings (SSSR count). The number of hydrogen-bond donors (Lipinski definition) is 2. The summed E-state index contributed by atoms with van der Waals surface area (Å²) in [6, 6.07) is 2.31. The molecule has 5 heteroatoms. The van der Waals surface area contributed by atoms with Crippen molar-refractivity contribution in [1.29, 1.82) is 5.41 Å². The fourth-order valence-electron chi connectivity index (χ4n) is 1.71. The highest BCUT2D eigenvalue weighted by Crippen LogP contribution is 2.31. The van der Waals surface area contributed by atoms with Crippen molar-refractivity contribution in [3.63, 3.8) is 0 Å². The number of anilines is 1. The summed E-state index contributed by atoms with van der Waals surface area (Å²) in [6.45, 7) is 2.96. The van der Waals surface area contributed by atoms with Crippen LogP contribution in [0.1, 0.15) is 25.3 Å². The van der Waals surface area contributed by atoms with Crippen molar-refractivity contribution in [1.82, 2.24) is 10.2 Å². The number of nitrogen functional groups attached to an aromatic ring is 1. The first-order valence-corrected chi connectivity index (χ1v) is 5.16. The first kappa shape index (κ1) is 9.89. The monoisotopic (exact) mass is 205 g/mol. The van der Waals surface area contributed by atoms with Crippen LogP contribution < -0.4 is 10.6 Å². The molecular formula is C10H15N5. The second-order valence-electron chi connectivity index (χ2n) is 3.70. The van der Waals surface area contributed by atoms with Gasteiger partial charge >= 0.3 is 0 Å². The van der Waals surface area contributed by atoms with E-state index in [9.17, 15) is 0 Å². The smallest absolute Gasteiger partial charge is 0.162 e. The first-order chi connectivity index (χ1) is 7.24. The molecule has 0 aromatic carbocycles. The van der Waals surface area contributed by atoms with E-state index >= 15 is 0 Å². The summed E-state index contributed by atoms with van der Waals surface area (Å²) in [5, 5.41) is 15.4. The zero-order valence-corrected chi connectivity index (χ0v) is 8.77. The molecule has 1 fully saturated rings. The second kappa shape index (κ2) is 3.84. The van der Waals surface area contributed by atoms with Gasteiger partial charge < -0.3 is 10.6 Å². The third-order valence-corrected chi connectivity index (χ3v) is 2.59. The van der Waals surface area contributed by atoms with Gasteiger partial charge in [0.1, 0.15) is 5.84 Å². The molecule has 1 heterocycles. The van der Waals surface area contributed by atoms with Crippen LogP contribution >= 0.6 is 0 Å². The van der Waals surface area contributed by atoms with E-state index in [4.69, 9.17) is 11.1 Å². The summed E-state index contributed by atoms with van der Waals surface area (Å²) in [5.74, 6) is 0.800. The van der Waals surface area contributed by atoms with Gasteiger partial charge in [-0.1, -0.05) is 0 Å². The van der Waals surface area contributed by atoms with Gasteiger partial charge in [-0.2, -0.15) is 5.10 Å².